The first-order chi connectivity index (χ1) is 28.7. The maximum Gasteiger partial charge on any atom is 0.259 e. The van der Waals surface area contributed by atoms with E-state index in [1.54, 1.807) is 60.6 Å². The molecule has 2 aromatic carbocycles. The van der Waals surface area contributed by atoms with Crippen molar-refractivity contribution >= 4 is 57.9 Å². The molecule has 0 N–H and O–H groups in total. The monoisotopic (exact) mass is 920 g/mol. The Morgan fingerprint density at radius 1 is 0.629 bits per heavy atom. The molecule has 17 heteroatoms. The second-order valence-electron chi connectivity index (χ2n) is 17.0. The van der Waals surface area contributed by atoms with Gasteiger partial charge >= 0.3 is 0 Å². The molecule has 0 spiro atoms. The van der Waals surface area contributed by atoms with Gasteiger partial charge in [0.05, 0.1) is 5.02 Å². The van der Waals surface area contributed by atoms with E-state index in [-0.39, 0.29) is 51.9 Å². The Morgan fingerprint density at radius 3 is 1.68 bits per heavy atom. The molecule has 0 bridgehead atoms. The molecular formula is C45H43Cl3F4N2O8. The number of benzene rings is 2. The zero-order valence-electron chi connectivity index (χ0n) is 35.3. The van der Waals surface area contributed by atoms with Gasteiger partial charge in [0.25, 0.3) is 11.8 Å². The van der Waals surface area contributed by atoms with Crippen LogP contribution in [0.5, 0.6) is 23.3 Å². The number of hydrogen-bond donors (Lipinski definition) is 0. The SMILES string of the molecule is CCc1ccc(Oc2nc(F)c(F)c(C)c2F)cc1C1C(=O)C(C)(C)OC(C)(CCCc2ccc(Oc3nc(F)c(Cl)c(Cl)c3Cl)cc2C2C(=O)C(C)(C)OC(C)(C)C2=O)C1=O. The zero-order valence-corrected chi connectivity index (χ0v) is 37.5. The first kappa shape index (κ1) is 47.0. The molecule has 10 nitrogen and oxygen atoms in total. The van der Waals surface area contributed by atoms with Crippen LogP contribution in [0.3, 0.4) is 0 Å². The summed E-state index contributed by atoms with van der Waals surface area (Å²) in [6, 6.07) is 9.00. The van der Waals surface area contributed by atoms with Gasteiger partial charge in [0.1, 0.15) is 55.8 Å². The number of carbonyl (C=O) groups is 4. The van der Waals surface area contributed by atoms with Crippen LogP contribution < -0.4 is 9.47 Å². The van der Waals surface area contributed by atoms with Crippen LogP contribution in [0.15, 0.2) is 36.4 Å². The number of ketones is 4. The van der Waals surface area contributed by atoms with Gasteiger partial charge in [-0.25, -0.2) is 8.78 Å². The van der Waals surface area contributed by atoms with Gasteiger partial charge in [-0.3, -0.25) is 19.2 Å². The van der Waals surface area contributed by atoms with Crippen molar-refractivity contribution in [1.29, 1.82) is 0 Å². The lowest BCUT2D eigenvalue weighted by atomic mass is 9.71. The van der Waals surface area contributed by atoms with Crippen LogP contribution in [0, 0.1) is 30.5 Å². The quantitative estimate of drug-likeness (QED) is 0.0814. The molecule has 2 aliphatic rings. The fraction of sp³-hybridized carbons (Fsp3) is 0.422. The highest BCUT2D eigenvalue weighted by Gasteiger charge is 2.56. The summed E-state index contributed by atoms with van der Waals surface area (Å²) in [5.74, 6) is -11.5. The topological polar surface area (TPSA) is 131 Å². The number of nitrogens with zero attached hydrogens (tertiary/aromatic N) is 2. The summed E-state index contributed by atoms with van der Waals surface area (Å²) in [6.45, 7) is 13.8. The van der Waals surface area contributed by atoms with Crippen molar-refractivity contribution in [3.05, 3.63) is 103 Å². The van der Waals surface area contributed by atoms with Gasteiger partial charge in [0, 0.05) is 5.56 Å². The lowest BCUT2D eigenvalue weighted by Gasteiger charge is -2.45. The largest absolute Gasteiger partial charge is 0.437 e. The molecule has 62 heavy (non-hydrogen) atoms. The normalized spacial score (nSPS) is 21.1. The molecule has 2 unspecified atom stereocenters. The second kappa shape index (κ2) is 16.9. The van der Waals surface area contributed by atoms with Crippen LogP contribution in [0.25, 0.3) is 0 Å². The van der Waals surface area contributed by atoms with Crippen molar-refractivity contribution in [2.45, 2.75) is 122 Å². The van der Waals surface area contributed by atoms with Gasteiger partial charge in [-0.1, -0.05) is 53.9 Å². The minimum atomic E-state index is -1.56. The molecule has 2 saturated heterocycles. The number of carbonyl (C=O) groups excluding carboxylic acids is 4. The molecule has 2 fully saturated rings. The Balaban J connectivity index is 1.34. The van der Waals surface area contributed by atoms with Crippen LogP contribution in [0.1, 0.15) is 108 Å². The van der Waals surface area contributed by atoms with Gasteiger partial charge in [-0.15, -0.1) is 0 Å². The first-order valence-corrected chi connectivity index (χ1v) is 20.8. The van der Waals surface area contributed by atoms with Gasteiger partial charge in [0.2, 0.25) is 11.8 Å². The molecule has 2 atom stereocenters. The van der Waals surface area contributed by atoms with Gasteiger partial charge in [0.15, 0.2) is 34.8 Å². The number of pyridine rings is 2. The molecule has 0 amide bonds. The fourth-order valence-corrected chi connectivity index (χ4v) is 8.65. The molecule has 6 rings (SSSR count). The molecule has 2 aliphatic heterocycles. The van der Waals surface area contributed by atoms with Gasteiger partial charge < -0.3 is 18.9 Å². The fourth-order valence-electron chi connectivity index (χ4n) is 8.13. The standard InChI is InChI=1S/C45H43Cl3F4N2O8/c1-10-21-13-15-24(60-41-33(50)20(2)32(49)39(52)54-41)18-25(21)28-36(57)44(7,8)62-45(9,37(28)58)17-11-12-22-14-16-23(59-40-31(48)29(46)30(47)38(51)53-40)19-26(22)27-34(55)42(3,4)61-43(5,6)35(27)56/h13-16,18-19,27-28H,10-12,17H2,1-9H3. The smallest absolute Gasteiger partial charge is 0.259 e. The van der Waals surface area contributed by atoms with Crippen molar-refractivity contribution in [3.8, 4) is 23.3 Å². The van der Waals surface area contributed by atoms with Crippen molar-refractivity contribution in [1.82, 2.24) is 9.97 Å². The zero-order chi connectivity index (χ0) is 46.0. The van der Waals surface area contributed by atoms with E-state index in [0.29, 0.717) is 17.5 Å². The second-order valence-corrected chi connectivity index (χ2v) is 18.2. The lowest BCUT2D eigenvalue weighted by Crippen LogP contribution is -2.59. The molecule has 330 valence electrons. The predicted molar refractivity (Wildman–Crippen MR) is 222 cm³/mol. The van der Waals surface area contributed by atoms with E-state index in [1.165, 1.54) is 24.3 Å². The number of rotatable bonds is 11. The van der Waals surface area contributed by atoms with Crippen LogP contribution in [-0.4, -0.2) is 55.5 Å². The van der Waals surface area contributed by atoms with E-state index in [2.05, 4.69) is 9.97 Å². The average molecular weight is 922 g/mol. The number of halogens is 7. The van der Waals surface area contributed by atoms with E-state index in [0.717, 1.165) is 6.92 Å². The Bertz CT molecular complexity index is 2520. The summed E-state index contributed by atoms with van der Waals surface area (Å²) in [5.41, 5.74) is -4.79. The third-order valence-corrected chi connectivity index (χ3v) is 12.6. The molecule has 0 aliphatic carbocycles. The minimum absolute atomic E-state index is 0.0376. The average Bonchev–Trinajstić information content (AvgIpc) is 3.19. The maximum atomic E-state index is 14.9. The summed E-state index contributed by atoms with van der Waals surface area (Å²) >= 11 is 18.2. The van der Waals surface area contributed by atoms with E-state index < -0.39 is 103 Å². The minimum Gasteiger partial charge on any atom is -0.437 e. The Kier molecular flexibility index (Phi) is 12.8. The van der Waals surface area contributed by atoms with E-state index in [4.69, 9.17) is 53.8 Å². The van der Waals surface area contributed by atoms with Gasteiger partial charge in [-0.05, 0) is 128 Å². The number of hydrogen-bond acceptors (Lipinski definition) is 10. The molecule has 0 saturated carbocycles. The van der Waals surface area contributed by atoms with Crippen LogP contribution in [-0.2, 0) is 41.5 Å². The van der Waals surface area contributed by atoms with Gasteiger partial charge in [-0.2, -0.15) is 18.7 Å². The maximum absolute atomic E-state index is 14.9. The predicted octanol–water partition coefficient (Wildman–Crippen LogP) is 11.1. The van der Waals surface area contributed by atoms with E-state index in [1.807, 2.05) is 6.92 Å². The summed E-state index contributed by atoms with van der Waals surface area (Å²) in [4.78, 5) is 63.7. The number of aryl methyl sites for hydroxylation is 2. The highest BCUT2D eigenvalue weighted by Crippen LogP contribution is 2.46. The van der Waals surface area contributed by atoms with Crippen LogP contribution in [0.4, 0.5) is 17.6 Å². The molecule has 2 aromatic heterocycles. The molecular weight excluding hydrogens is 879 g/mol. The lowest BCUT2D eigenvalue weighted by molar-refractivity contribution is -0.189. The Hall–Kier alpha value is -4.47. The van der Waals surface area contributed by atoms with E-state index >= 15 is 0 Å². The summed E-state index contributed by atoms with van der Waals surface area (Å²) in [6.07, 6.45) is 0.867. The highest BCUT2D eigenvalue weighted by molar-refractivity contribution is 6.48. The first-order valence-electron chi connectivity index (χ1n) is 19.6. The number of aromatic nitrogens is 2. The van der Waals surface area contributed by atoms with Crippen LogP contribution >= 0.6 is 34.8 Å². The van der Waals surface area contributed by atoms with Crippen molar-refractivity contribution in [2.24, 2.45) is 0 Å². The molecule has 4 heterocycles. The third-order valence-electron chi connectivity index (χ3n) is 11.3. The summed E-state index contributed by atoms with van der Waals surface area (Å²) in [5, 5.41) is -1.11. The molecule has 4 aromatic rings. The van der Waals surface area contributed by atoms with Crippen molar-refractivity contribution < 1.29 is 55.7 Å². The summed E-state index contributed by atoms with van der Waals surface area (Å²) < 4.78 is 81.2. The third kappa shape index (κ3) is 8.60. The Morgan fingerprint density at radius 2 is 1.11 bits per heavy atom. The van der Waals surface area contributed by atoms with Crippen LogP contribution in [0.2, 0.25) is 15.1 Å². The van der Waals surface area contributed by atoms with Crippen molar-refractivity contribution in [2.75, 3.05) is 0 Å². The highest BCUT2D eigenvalue weighted by atomic mass is 35.5. The summed E-state index contributed by atoms with van der Waals surface area (Å²) in [7, 11) is 0. The number of Topliss-reactive ketones (excluding diaryl/α,β-unsaturated/α-hetero) is 4. The van der Waals surface area contributed by atoms with Crippen molar-refractivity contribution in [3.63, 3.8) is 0 Å². The van der Waals surface area contributed by atoms with E-state index in [9.17, 15) is 36.7 Å². The molecule has 0 radical (unpaired) electrons. The Labute approximate surface area is 370 Å². The number of ether oxygens (including phenoxy) is 4.